The highest BCUT2D eigenvalue weighted by Gasteiger charge is 2.18. The summed E-state index contributed by atoms with van der Waals surface area (Å²) in [7, 11) is 1.76. The molecule has 4 heteroatoms. The van der Waals surface area contributed by atoms with Gasteiger partial charge in [-0.3, -0.25) is 4.79 Å². The lowest BCUT2D eigenvalue weighted by atomic mass is 10.0. The van der Waals surface area contributed by atoms with Crippen LogP contribution in [0.3, 0.4) is 0 Å². The standard InChI is InChI=1S/C17H18N2OS/c1-11-6-4-7-12(2)15(11)17(20)19(3)14-9-5-8-13(10-14)16(18)21/h4-10H,1-3H3,(H2,18,21). The number of rotatable bonds is 3. The Morgan fingerprint density at radius 1 is 1.10 bits per heavy atom. The molecule has 2 aromatic rings. The molecular weight excluding hydrogens is 280 g/mol. The summed E-state index contributed by atoms with van der Waals surface area (Å²) in [6.07, 6.45) is 0. The van der Waals surface area contributed by atoms with E-state index in [1.807, 2.05) is 56.3 Å². The maximum atomic E-state index is 12.7. The Hall–Kier alpha value is -2.20. The Bertz CT molecular complexity index is 689. The molecule has 0 atom stereocenters. The van der Waals surface area contributed by atoms with Gasteiger partial charge < -0.3 is 10.6 Å². The van der Waals surface area contributed by atoms with Crippen LogP contribution >= 0.6 is 12.2 Å². The lowest BCUT2D eigenvalue weighted by Crippen LogP contribution is -2.28. The zero-order valence-corrected chi connectivity index (χ0v) is 13.2. The minimum absolute atomic E-state index is 0.0364. The van der Waals surface area contributed by atoms with Gasteiger partial charge in [-0.1, -0.05) is 42.5 Å². The normalized spacial score (nSPS) is 10.2. The van der Waals surface area contributed by atoms with Crippen molar-refractivity contribution in [1.82, 2.24) is 0 Å². The zero-order valence-electron chi connectivity index (χ0n) is 12.4. The number of nitrogens with two attached hydrogens (primary N) is 1. The molecule has 0 aliphatic rings. The van der Waals surface area contributed by atoms with Crippen molar-refractivity contribution in [2.45, 2.75) is 13.8 Å². The minimum Gasteiger partial charge on any atom is -0.389 e. The third-order valence-electron chi connectivity index (χ3n) is 3.52. The molecule has 2 N–H and O–H groups in total. The number of thiocarbonyl (C=S) groups is 1. The number of carbonyl (C=O) groups is 1. The van der Waals surface area contributed by atoms with Gasteiger partial charge in [0, 0.05) is 23.9 Å². The van der Waals surface area contributed by atoms with Gasteiger partial charge in [0.25, 0.3) is 5.91 Å². The van der Waals surface area contributed by atoms with Gasteiger partial charge in [-0.25, -0.2) is 0 Å². The van der Waals surface area contributed by atoms with E-state index in [1.165, 1.54) is 0 Å². The Labute approximate surface area is 130 Å². The Kier molecular flexibility index (Phi) is 4.38. The molecule has 3 nitrogen and oxygen atoms in total. The molecule has 0 aromatic heterocycles. The number of aryl methyl sites for hydroxylation is 2. The van der Waals surface area contributed by atoms with E-state index in [0.29, 0.717) is 4.99 Å². The van der Waals surface area contributed by atoms with Crippen LogP contribution in [0.25, 0.3) is 0 Å². The number of nitrogens with zero attached hydrogens (tertiary/aromatic N) is 1. The molecule has 0 saturated heterocycles. The largest absolute Gasteiger partial charge is 0.389 e. The van der Waals surface area contributed by atoms with Gasteiger partial charge in [-0.05, 0) is 37.1 Å². The molecule has 0 aliphatic carbocycles. The van der Waals surface area contributed by atoms with Crippen molar-refractivity contribution < 1.29 is 4.79 Å². The second-order valence-electron chi connectivity index (χ2n) is 5.05. The van der Waals surface area contributed by atoms with E-state index in [1.54, 1.807) is 11.9 Å². The molecular formula is C17H18N2OS. The maximum Gasteiger partial charge on any atom is 0.258 e. The van der Waals surface area contributed by atoms with Crippen molar-refractivity contribution in [3.05, 3.63) is 64.7 Å². The molecule has 0 heterocycles. The van der Waals surface area contributed by atoms with Gasteiger partial charge in [0.1, 0.15) is 4.99 Å². The first-order valence-corrected chi connectivity index (χ1v) is 7.06. The molecule has 108 valence electrons. The van der Waals surface area contributed by atoms with Crippen molar-refractivity contribution in [1.29, 1.82) is 0 Å². The summed E-state index contributed by atoms with van der Waals surface area (Å²) >= 11 is 4.98. The second-order valence-corrected chi connectivity index (χ2v) is 5.49. The summed E-state index contributed by atoms with van der Waals surface area (Å²) in [4.78, 5) is 14.7. The first-order chi connectivity index (χ1) is 9.91. The van der Waals surface area contributed by atoms with Gasteiger partial charge >= 0.3 is 0 Å². The number of amides is 1. The van der Waals surface area contributed by atoms with Crippen LogP contribution in [0.1, 0.15) is 27.0 Å². The molecule has 0 saturated carbocycles. The Balaban J connectivity index is 2.40. The van der Waals surface area contributed by atoms with Gasteiger partial charge in [-0.2, -0.15) is 0 Å². The molecule has 2 rings (SSSR count). The monoisotopic (exact) mass is 298 g/mol. The lowest BCUT2D eigenvalue weighted by Gasteiger charge is -2.20. The molecule has 0 fully saturated rings. The van der Waals surface area contributed by atoms with E-state index in [4.69, 9.17) is 18.0 Å². The van der Waals surface area contributed by atoms with E-state index in [0.717, 1.165) is 27.9 Å². The molecule has 0 bridgehead atoms. The van der Waals surface area contributed by atoms with Gasteiger partial charge in [0.2, 0.25) is 0 Å². The molecule has 0 unspecified atom stereocenters. The number of hydrogen-bond acceptors (Lipinski definition) is 2. The highest BCUT2D eigenvalue weighted by molar-refractivity contribution is 7.80. The Morgan fingerprint density at radius 3 is 2.24 bits per heavy atom. The van der Waals surface area contributed by atoms with Crippen LogP contribution in [0.2, 0.25) is 0 Å². The van der Waals surface area contributed by atoms with Gasteiger partial charge in [-0.15, -0.1) is 0 Å². The van der Waals surface area contributed by atoms with Gasteiger partial charge in [0.05, 0.1) is 0 Å². The molecule has 21 heavy (non-hydrogen) atoms. The van der Waals surface area contributed by atoms with Crippen LogP contribution in [0.15, 0.2) is 42.5 Å². The van der Waals surface area contributed by atoms with Gasteiger partial charge in [0.15, 0.2) is 0 Å². The van der Waals surface area contributed by atoms with E-state index >= 15 is 0 Å². The van der Waals surface area contributed by atoms with E-state index in [2.05, 4.69) is 0 Å². The van der Waals surface area contributed by atoms with Crippen LogP contribution in [0, 0.1) is 13.8 Å². The highest BCUT2D eigenvalue weighted by atomic mass is 32.1. The van der Waals surface area contributed by atoms with Crippen molar-refractivity contribution in [3.8, 4) is 0 Å². The number of anilines is 1. The van der Waals surface area contributed by atoms with E-state index < -0.39 is 0 Å². The van der Waals surface area contributed by atoms with E-state index in [-0.39, 0.29) is 5.91 Å². The molecule has 0 spiro atoms. The predicted molar refractivity (Wildman–Crippen MR) is 91.0 cm³/mol. The summed E-state index contributed by atoms with van der Waals surface area (Å²) < 4.78 is 0. The van der Waals surface area contributed by atoms with Crippen LogP contribution in [-0.2, 0) is 0 Å². The summed E-state index contributed by atoms with van der Waals surface area (Å²) in [6, 6.07) is 13.2. The molecule has 1 amide bonds. The first-order valence-electron chi connectivity index (χ1n) is 6.66. The fourth-order valence-electron chi connectivity index (χ4n) is 2.30. The van der Waals surface area contributed by atoms with Crippen molar-refractivity contribution in [2.75, 3.05) is 11.9 Å². The average molecular weight is 298 g/mol. The summed E-state index contributed by atoms with van der Waals surface area (Å²) in [5.41, 5.74) is 9.85. The van der Waals surface area contributed by atoms with Crippen molar-refractivity contribution >= 4 is 28.8 Å². The third-order valence-corrected chi connectivity index (χ3v) is 3.75. The first kappa shape index (κ1) is 15.2. The summed E-state index contributed by atoms with van der Waals surface area (Å²) in [5.74, 6) is -0.0364. The fraction of sp³-hybridized carbons (Fsp3) is 0.176. The predicted octanol–water partition coefficient (Wildman–Crippen LogP) is 3.21. The molecule has 0 aliphatic heterocycles. The molecule has 0 radical (unpaired) electrons. The number of carbonyl (C=O) groups excluding carboxylic acids is 1. The minimum atomic E-state index is -0.0364. The zero-order chi connectivity index (χ0) is 15.6. The van der Waals surface area contributed by atoms with E-state index in [9.17, 15) is 4.79 Å². The van der Waals surface area contributed by atoms with Crippen molar-refractivity contribution in [2.24, 2.45) is 5.73 Å². The van der Waals surface area contributed by atoms with Crippen LogP contribution in [0.5, 0.6) is 0 Å². The SMILES string of the molecule is Cc1cccc(C)c1C(=O)N(C)c1cccc(C(N)=S)c1. The fourth-order valence-corrected chi connectivity index (χ4v) is 2.43. The van der Waals surface area contributed by atoms with Crippen LogP contribution in [-0.4, -0.2) is 17.9 Å². The maximum absolute atomic E-state index is 12.7. The van der Waals surface area contributed by atoms with Crippen LogP contribution in [0.4, 0.5) is 5.69 Å². The second kappa shape index (κ2) is 6.06. The smallest absolute Gasteiger partial charge is 0.258 e. The number of benzene rings is 2. The van der Waals surface area contributed by atoms with Crippen LogP contribution < -0.4 is 10.6 Å². The summed E-state index contributed by atoms with van der Waals surface area (Å²) in [5, 5.41) is 0. The topological polar surface area (TPSA) is 46.3 Å². The average Bonchev–Trinajstić information content (AvgIpc) is 2.46. The highest BCUT2D eigenvalue weighted by Crippen LogP contribution is 2.21. The Morgan fingerprint density at radius 2 is 1.67 bits per heavy atom. The quantitative estimate of drug-likeness (QED) is 0.885. The number of hydrogen-bond donors (Lipinski definition) is 1. The lowest BCUT2D eigenvalue weighted by molar-refractivity contribution is 0.0992. The third kappa shape index (κ3) is 3.11. The summed E-state index contributed by atoms with van der Waals surface area (Å²) in [6.45, 7) is 3.89. The van der Waals surface area contributed by atoms with Crippen molar-refractivity contribution in [3.63, 3.8) is 0 Å². The molecule has 2 aromatic carbocycles.